The van der Waals surface area contributed by atoms with Gasteiger partial charge < -0.3 is 4.74 Å². The van der Waals surface area contributed by atoms with Crippen LogP contribution < -0.4 is 0 Å². The van der Waals surface area contributed by atoms with Crippen LogP contribution in [0.2, 0.25) is 0 Å². The van der Waals surface area contributed by atoms with Gasteiger partial charge in [0, 0.05) is 18.8 Å². The lowest BCUT2D eigenvalue weighted by Gasteiger charge is -2.21. The molecule has 0 radical (unpaired) electrons. The van der Waals surface area contributed by atoms with Gasteiger partial charge in [-0.25, -0.2) is 0 Å². The van der Waals surface area contributed by atoms with Crippen LogP contribution >= 0.6 is 0 Å². The fraction of sp³-hybridized carbons (Fsp3) is 0.462. The van der Waals surface area contributed by atoms with Crippen molar-refractivity contribution >= 4 is 6.29 Å². The molecule has 0 spiro atoms. The third-order valence-corrected chi connectivity index (χ3v) is 2.95. The van der Waals surface area contributed by atoms with Crippen molar-refractivity contribution in [3.8, 4) is 0 Å². The van der Waals surface area contributed by atoms with E-state index in [9.17, 15) is 4.79 Å². The van der Waals surface area contributed by atoms with Crippen molar-refractivity contribution in [2.75, 3.05) is 13.2 Å². The van der Waals surface area contributed by atoms with Crippen molar-refractivity contribution in [2.24, 2.45) is 5.92 Å². The van der Waals surface area contributed by atoms with Gasteiger partial charge in [-0.3, -0.25) is 4.79 Å². The average molecular weight is 204 g/mol. The third-order valence-electron chi connectivity index (χ3n) is 2.95. The Hall–Kier alpha value is -1.15. The second-order valence-electron chi connectivity index (χ2n) is 4.12. The van der Waals surface area contributed by atoms with Gasteiger partial charge in [0.2, 0.25) is 0 Å². The zero-order valence-electron chi connectivity index (χ0n) is 8.82. The third kappa shape index (κ3) is 2.90. The second kappa shape index (κ2) is 5.08. The Morgan fingerprint density at radius 2 is 2.13 bits per heavy atom. The topological polar surface area (TPSA) is 26.3 Å². The highest BCUT2D eigenvalue weighted by atomic mass is 16.5. The Kier molecular flexibility index (Phi) is 3.51. The predicted molar refractivity (Wildman–Crippen MR) is 59.1 cm³/mol. The number of benzene rings is 1. The molecule has 2 nitrogen and oxygen atoms in total. The molecule has 0 atom stereocenters. The maximum absolute atomic E-state index is 10.6. The van der Waals surface area contributed by atoms with Gasteiger partial charge in [0.1, 0.15) is 6.29 Å². The molecule has 0 aliphatic carbocycles. The SMILES string of the molecule is O=Cc1cccc(CC2CCOCC2)c1. The predicted octanol–water partition coefficient (Wildman–Crippen LogP) is 2.47. The zero-order valence-corrected chi connectivity index (χ0v) is 8.82. The van der Waals surface area contributed by atoms with Crippen LogP contribution in [0.5, 0.6) is 0 Å². The highest BCUT2D eigenvalue weighted by Crippen LogP contribution is 2.20. The monoisotopic (exact) mass is 204 g/mol. The molecule has 1 aliphatic rings. The van der Waals surface area contributed by atoms with Crippen LogP contribution in [0.4, 0.5) is 0 Å². The highest BCUT2D eigenvalue weighted by molar-refractivity contribution is 5.74. The Morgan fingerprint density at radius 3 is 2.87 bits per heavy atom. The average Bonchev–Trinajstić information content (AvgIpc) is 2.31. The first-order chi connectivity index (χ1) is 7.38. The Labute approximate surface area is 90.3 Å². The van der Waals surface area contributed by atoms with Crippen LogP contribution in [0.3, 0.4) is 0 Å². The minimum Gasteiger partial charge on any atom is -0.381 e. The second-order valence-corrected chi connectivity index (χ2v) is 4.12. The number of ether oxygens (including phenoxy) is 1. The van der Waals surface area contributed by atoms with E-state index >= 15 is 0 Å². The maximum Gasteiger partial charge on any atom is 0.150 e. The molecule has 0 amide bonds. The van der Waals surface area contributed by atoms with E-state index in [1.54, 1.807) is 0 Å². The molecule has 1 aromatic rings. The lowest BCUT2D eigenvalue weighted by molar-refractivity contribution is 0.0665. The molecule has 15 heavy (non-hydrogen) atoms. The van der Waals surface area contributed by atoms with Gasteiger partial charge in [-0.15, -0.1) is 0 Å². The summed E-state index contributed by atoms with van der Waals surface area (Å²) in [5, 5.41) is 0. The number of carbonyl (C=O) groups is 1. The summed E-state index contributed by atoms with van der Waals surface area (Å²) in [6.45, 7) is 1.77. The van der Waals surface area contributed by atoms with E-state index in [2.05, 4.69) is 6.07 Å². The molecule has 0 aromatic heterocycles. The normalized spacial score (nSPS) is 17.6. The molecule has 2 rings (SSSR count). The first-order valence-electron chi connectivity index (χ1n) is 5.50. The first kappa shape index (κ1) is 10.4. The molecule has 1 aliphatic heterocycles. The number of aldehydes is 1. The van der Waals surface area contributed by atoms with Crippen LogP contribution in [-0.2, 0) is 11.2 Å². The molecule has 0 unspecified atom stereocenters. The Morgan fingerprint density at radius 1 is 1.33 bits per heavy atom. The summed E-state index contributed by atoms with van der Waals surface area (Å²) in [4.78, 5) is 10.6. The summed E-state index contributed by atoms with van der Waals surface area (Å²) in [7, 11) is 0. The van der Waals surface area contributed by atoms with E-state index in [0.717, 1.165) is 50.2 Å². The molecule has 0 bridgehead atoms. The molecule has 2 heteroatoms. The van der Waals surface area contributed by atoms with Gasteiger partial charge in [0.25, 0.3) is 0 Å². The fourth-order valence-corrected chi connectivity index (χ4v) is 2.08. The smallest absolute Gasteiger partial charge is 0.150 e. The van der Waals surface area contributed by atoms with E-state index in [1.807, 2.05) is 18.2 Å². The number of rotatable bonds is 3. The van der Waals surface area contributed by atoms with Gasteiger partial charge in [0.05, 0.1) is 0 Å². The summed E-state index contributed by atoms with van der Waals surface area (Å²) >= 11 is 0. The molecule has 1 saturated heterocycles. The van der Waals surface area contributed by atoms with Gasteiger partial charge in [-0.1, -0.05) is 18.2 Å². The van der Waals surface area contributed by atoms with Crippen LogP contribution in [0, 0.1) is 5.92 Å². The van der Waals surface area contributed by atoms with Crippen LogP contribution in [0.25, 0.3) is 0 Å². The van der Waals surface area contributed by atoms with Crippen molar-refractivity contribution in [2.45, 2.75) is 19.3 Å². The largest absolute Gasteiger partial charge is 0.381 e. The standard InChI is InChI=1S/C13H16O2/c14-10-13-3-1-2-12(9-13)8-11-4-6-15-7-5-11/h1-3,9-11H,4-8H2. The molecular formula is C13H16O2. The number of carbonyl (C=O) groups excluding carboxylic acids is 1. The Balaban J connectivity index is 1.99. The molecule has 80 valence electrons. The molecule has 1 aromatic carbocycles. The van der Waals surface area contributed by atoms with Crippen molar-refractivity contribution in [3.05, 3.63) is 35.4 Å². The fourth-order valence-electron chi connectivity index (χ4n) is 2.08. The van der Waals surface area contributed by atoms with Crippen molar-refractivity contribution in [3.63, 3.8) is 0 Å². The van der Waals surface area contributed by atoms with Gasteiger partial charge in [-0.05, 0) is 36.8 Å². The van der Waals surface area contributed by atoms with Gasteiger partial charge in [-0.2, -0.15) is 0 Å². The van der Waals surface area contributed by atoms with E-state index < -0.39 is 0 Å². The van der Waals surface area contributed by atoms with Crippen LogP contribution in [0.15, 0.2) is 24.3 Å². The molecule has 1 heterocycles. The summed E-state index contributed by atoms with van der Waals surface area (Å²) in [6, 6.07) is 7.89. The number of hydrogen-bond acceptors (Lipinski definition) is 2. The summed E-state index contributed by atoms with van der Waals surface area (Å²) in [5.41, 5.74) is 2.05. The van der Waals surface area contributed by atoms with Crippen LogP contribution in [0.1, 0.15) is 28.8 Å². The van der Waals surface area contributed by atoms with E-state index in [-0.39, 0.29) is 0 Å². The zero-order chi connectivity index (χ0) is 10.5. The van der Waals surface area contributed by atoms with E-state index in [4.69, 9.17) is 4.74 Å². The molecular weight excluding hydrogens is 188 g/mol. The van der Waals surface area contributed by atoms with Crippen molar-refractivity contribution < 1.29 is 9.53 Å². The summed E-state index contributed by atoms with van der Waals surface area (Å²) in [5.74, 6) is 0.723. The molecule has 1 fully saturated rings. The maximum atomic E-state index is 10.6. The number of hydrogen-bond donors (Lipinski definition) is 0. The lowest BCUT2D eigenvalue weighted by atomic mass is 9.92. The van der Waals surface area contributed by atoms with Gasteiger partial charge in [0.15, 0.2) is 0 Å². The summed E-state index contributed by atoms with van der Waals surface area (Å²) in [6.07, 6.45) is 4.27. The first-order valence-corrected chi connectivity index (χ1v) is 5.50. The van der Waals surface area contributed by atoms with Gasteiger partial charge >= 0.3 is 0 Å². The highest BCUT2D eigenvalue weighted by Gasteiger charge is 2.14. The molecule has 0 saturated carbocycles. The Bertz CT molecular complexity index is 327. The summed E-state index contributed by atoms with van der Waals surface area (Å²) < 4.78 is 5.33. The van der Waals surface area contributed by atoms with E-state index in [1.165, 1.54) is 5.56 Å². The van der Waals surface area contributed by atoms with Crippen molar-refractivity contribution in [1.82, 2.24) is 0 Å². The minimum absolute atomic E-state index is 0.723. The molecule has 0 N–H and O–H groups in total. The quantitative estimate of drug-likeness (QED) is 0.707. The van der Waals surface area contributed by atoms with E-state index in [0.29, 0.717) is 0 Å². The lowest BCUT2D eigenvalue weighted by Crippen LogP contribution is -2.17. The minimum atomic E-state index is 0.723. The van der Waals surface area contributed by atoms with Crippen LogP contribution in [-0.4, -0.2) is 19.5 Å². The van der Waals surface area contributed by atoms with Crippen molar-refractivity contribution in [1.29, 1.82) is 0 Å².